The Kier molecular flexibility index (Phi) is 4.53. The summed E-state index contributed by atoms with van der Waals surface area (Å²) in [6.45, 7) is 0.135. The summed E-state index contributed by atoms with van der Waals surface area (Å²) in [5.74, 6) is 0.199. The number of nitrogens with zero attached hydrogens (tertiary/aromatic N) is 2. The van der Waals surface area contributed by atoms with Crippen molar-refractivity contribution >= 4 is 11.4 Å². The van der Waals surface area contributed by atoms with E-state index in [1.54, 1.807) is 6.07 Å². The van der Waals surface area contributed by atoms with Crippen LogP contribution in [0.2, 0.25) is 0 Å². The Morgan fingerprint density at radius 1 is 1.45 bits per heavy atom. The molecule has 0 radical (unpaired) electrons. The lowest BCUT2D eigenvalue weighted by Gasteiger charge is -2.31. The maximum atomic E-state index is 10.8. The monoisotopic (exact) mass is 275 g/mol. The number of nitrogens with one attached hydrogen (secondary N) is 1. The van der Waals surface area contributed by atoms with Crippen molar-refractivity contribution in [1.29, 1.82) is 5.26 Å². The quantitative estimate of drug-likeness (QED) is 0.649. The van der Waals surface area contributed by atoms with Gasteiger partial charge in [0.2, 0.25) is 0 Å². The summed E-state index contributed by atoms with van der Waals surface area (Å²) in [7, 11) is 0. The summed E-state index contributed by atoms with van der Waals surface area (Å²) in [5, 5.41) is 32.4. The van der Waals surface area contributed by atoms with Crippen molar-refractivity contribution in [2.75, 3.05) is 11.9 Å². The van der Waals surface area contributed by atoms with Gasteiger partial charge in [-0.3, -0.25) is 10.1 Å². The molecular weight excluding hydrogens is 258 g/mol. The summed E-state index contributed by atoms with van der Waals surface area (Å²) >= 11 is 0. The predicted octanol–water partition coefficient (Wildman–Crippen LogP) is 2.43. The highest BCUT2D eigenvalue weighted by Crippen LogP contribution is 2.28. The van der Waals surface area contributed by atoms with Crippen molar-refractivity contribution in [2.24, 2.45) is 5.92 Å². The Balaban J connectivity index is 2.17. The molecule has 0 aliphatic heterocycles. The molecule has 1 saturated carbocycles. The smallest absolute Gasteiger partial charge is 0.287 e. The fraction of sp³-hybridized carbons (Fsp3) is 0.500. The van der Waals surface area contributed by atoms with Gasteiger partial charge in [-0.05, 0) is 25.0 Å². The van der Waals surface area contributed by atoms with E-state index >= 15 is 0 Å². The van der Waals surface area contributed by atoms with E-state index in [9.17, 15) is 15.2 Å². The molecule has 2 atom stereocenters. The van der Waals surface area contributed by atoms with Crippen molar-refractivity contribution in [3.63, 3.8) is 0 Å². The minimum atomic E-state index is -0.556. The van der Waals surface area contributed by atoms with Crippen LogP contribution in [0.15, 0.2) is 18.2 Å². The molecule has 2 unspecified atom stereocenters. The van der Waals surface area contributed by atoms with Crippen LogP contribution in [0.3, 0.4) is 0 Å². The van der Waals surface area contributed by atoms with Gasteiger partial charge in [-0.1, -0.05) is 12.8 Å². The largest absolute Gasteiger partial charge is 0.396 e. The first-order valence-electron chi connectivity index (χ1n) is 6.71. The number of nitro benzene ring substituents is 1. The van der Waals surface area contributed by atoms with E-state index in [4.69, 9.17) is 5.26 Å². The SMILES string of the molecule is N#Cc1cc(NC2CCCCC2CO)ccc1[N+](=O)[O-]. The van der Waals surface area contributed by atoms with E-state index in [2.05, 4.69) is 5.32 Å². The fourth-order valence-electron chi connectivity index (χ4n) is 2.70. The van der Waals surface area contributed by atoms with Gasteiger partial charge in [-0.25, -0.2) is 0 Å². The van der Waals surface area contributed by atoms with Crippen molar-refractivity contribution in [3.8, 4) is 6.07 Å². The molecule has 1 aliphatic rings. The molecule has 0 heterocycles. The van der Waals surface area contributed by atoms with Crippen molar-refractivity contribution in [3.05, 3.63) is 33.9 Å². The van der Waals surface area contributed by atoms with E-state index in [1.807, 2.05) is 6.07 Å². The summed E-state index contributed by atoms with van der Waals surface area (Å²) in [6.07, 6.45) is 4.16. The summed E-state index contributed by atoms with van der Waals surface area (Å²) in [5.41, 5.74) is 0.564. The van der Waals surface area contributed by atoms with E-state index in [0.717, 1.165) is 25.7 Å². The Morgan fingerprint density at radius 3 is 2.85 bits per heavy atom. The molecule has 6 nitrogen and oxygen atoms in total. The Morgan fingerprint density at radius 2 is 2.20 bits per heavy atom. The first kappa shape index (κ1) is 14.3. The number of nitro groups is 1. The molecule has 0 spiro atoms. The van der Waals surface area contributed by atoms with Gasteiger partial charge in [-0.15, -0.1) is 0 Å². The fourth-order valence-corrected chi connectivity index (χ4v) is 2.70. The molecule has 1 aliphatic carbocycles. The molecule has 106 valence electrons. The van der Waals surface area contributed by atoms with E-state index in [-0.39, 0.29) is 29.8 Å². The summed E-state index contributed by atoms with van der Waals surface area (Å²) < 4.78 is 0. The van der Waals surface area contributed by atoms with E-state index in [1.165, 1.54) is 12.1 Å². The van der Waals surface area contributed by atoms with Crippen LogP contribution in [0.5, 0.6) is 0 Å². The van der Waals surface area contributed by atoms with Gasteiger partial charge in [0.25, 0.3) is 5.69 Å². The van der Waals surface area contributed by atoms with Gasteiger partial charge in [0, 0.05) is 30.3 Å². The van der Waals surface area contributed by atoms with Crippen LogP contribution >= 0.6 is 0 Å². The standard InChI is InChI=1S/C14H17N3O3/c15-8-11-7-12(5-6-14(11)17(19)20)16-13-4-2-1-3-10(13)9-18/h5-7,10,13,16,18H,1-4,9H2. The van der Waals surface area contributed by atoms with Gasteiger partial charge >= 0.3 is 0 Å². The van der Waals surface area contributed by atoms with Crippen LogP contribution in [-0.2, 0) is 0 Å². The first-order valence-corrected chi connectivity index (χ1v) is 6.71. The normalized spacial score (nSPS) is 22.0. The van der Waals surface area contributed by atoms with Crippen LogP contribution in [0, 0.1) is 27.4 Å². The number of benzene rings is 1. The highest BCUT2D eigenvalue weighted by Gasteiger charge is 2.24. The van der Waals surface area contributed by atoms with Crippen LogP contribution in [0.1, 0.15) is 31.2 Å². The second-order valence-electron chi connectivity index (χ2n) is 5.08. The molecule has 1 fully saturated rings. The highest BCUT2D eigenvalue weighted by molar-refractivity contribution is 5.59. The van der Waals surface area contributed by atoms with E-state index in [0.29, 0.717) is 5.69 Å². The topological polar surface area (TPSA) is 99.2 Å². The number of anilines is 1. The number of hydrogen-bond acceptors (Lipinski definition) is 5. The average Bonchev–Trinajstić information content (AvgIpc) is 2.47. The molecule has 0 bridgehead atoms. The third kappa shape index (κ3) is 3.06. The first-order chi connectivity index (χ1) is 9.65. The number of rotatable bonds is 4. The molecule has 0 aromatic heterocycles. The van der Waals surface area contributed by atoms with Crippen LogP contribution < -0.4 is 5.32 Å². The molecule has 2 N–H and O–H groups in total. The minimum Gasteiger partial charge on any atom is -0.396 e. The number of aliphatic hydroxyl groups excluding tert-OH is 1. The average molecular weight is 275 g/mol. The van der Waals surface area contributed by atoms with Crippen LogP contribution in [0.25, 0.3) is 0 Å². The highest BCUT2D eigenvalue weighted by atomic mass is 16.6. The van der Waals surface area contributed by atoms with Gasteiger partial charge in [-0.2, -0.15) is 5.26 Å². The third-order valence-corrected chi connectivity index (χ3v) is 3.81. The maximum absolute atomic E-state index is 10.8. The predicted molar refractivity (Wildman–Crippen MR) is 74.3 cm³/mol. The molecule has 6 heteroatoms. The lowest BCUT2D eigenvalue weighted by Crippen LogP contribution is -2.34. The van der Waals surface area contributed by atoms with Gasteiger partial charge in [0.1, 0.15) is 11.6 Å². The lowest BCUT2D eigenvalue weighted by atomic mass is 9.85. The zero-order chi connectivity index (χ0) is 14.5. The summed E-state index contributed by atoms with van der Waals surface area (Å²) in [4.78, 5) is 10.2. The Bertz CT molecular complexity index is 539. The lowest BCUT2D eigenvalue weighted by molar-refractivity contribution is -0.385. The van der Waals surface area contributed by atoms with Crippen molar-refractivity contribution in [1.82, 2.24) is 0 Å². The second-order valence-corrected chi connectivity index (χ2v) is 5.08. The number of aliphatic hydroxyl groups is 1. The van der Waals surface area contributed by atoms with E-state index < -0.39 is 4.92 Å². The molecule has 1 aromatic rings. The van der Waals surface area contributed by atoms with Crippen LogP contribution in [0.4, 0.5) is 11.4 Å². The molecule has 2 rings (SSSR count). The maximum Gasteiger partial charge on any atom is 0.287 e. The van der Waals surface area contributed by atoms with Gasteiger partial charge in [0.05, 0.1) is 4.92 Å². The Labute approximate surface area is 117 Å². The van der Waals surface area contributed by atoms with Crippen LogP contribution in [-0.4, -0.2) is 22.7 Å². The number of hydrogen-bond donors (Lipinski definition) is 2. The zero-order valence-corrected chi connectivity index (χ0v) is 11.1. The van der Waals surface area contributed by atoms with Crippen molar-refractivity contribution in [2.45, 2.75) is 31.7 Å². The summed E-state index contributed by atoms with van der Waals surface area (Å²) in [6, 6.07) is 6.46. The Hall–Kier alpha value is -2.13. The van der Waals surface area contributed by atoms with Crippen molar-refractivity contribution < 1.29 is 10.0 Å². The molecule has 0 saturated heterocycles. The molecular formula is C14H17N3O3. The third-order valence-electron chi connectivity index (χ3n) is 3.81. The van der Waals surface area contributed by atoms with Gasteiger partial charge in [0.15, 0.2) is 0 Å². The zero-order valence-electron chi connectivity index (χ0n) is 11.1. The molecule has 1 aromatic carbocycles. The van der Waals surface area contributed by atoms with Gasteiger partial charge < -0.3 is 10.4 Å². The second kappa shape index (κ2) is 6.35. The molecule has 20 heavy (non-hydrogen) atoms. The number of nitriles is 1. The molecule has 0 amide bonds. The minimum absolute atomic E-state index is 0.0522.